The predicted octanol–water partition coefficient (Wildman–Crippen LogP) is -0.287. The molecule has 0 aliphatic carbocycles. The lowest BCUT2D eigenvalue weighted by atomic mass is 10.0. The van der Waals surface area contributed by atoms with Gasteiger partial charge in [0.1, 0.15) is 5.75 Å². The lowest BCUT2D eigenvalue weighted by Gasteiger charge is -2.32. The van der Waals surface area contributed by atoms with Gasteiger partial charge in [-0.25, -0.2) is 0 Å². The highest BCUT2D eigenvalue weighted by atomic mass is 127. The maximum absolute atomic E-state index is 13.2. The van der Waals surface area contributed by atoms with E-state index < -0.39 is 6.04 Å². The van der Waals surface area contributed by atoms with E-state index in [1.54, 1.807) is 36.3 Å². The van der Waals surface area contributed by atoms with Crippen LogP contribution in [0.2, 0.25) is 0 Å². The van der Waals surface area contributed by atoms with Crippen LogP contribution < -0.4 is 43.5 Å². The lowest BCUT2D eigenvalue weighted by Crippen LogP contribution is -3.00. The number of halogens is 1. The number of carbonyl (C=O) groups excluding carboxylic acids is 2. The number of nitrogens with zero attached hydrogens (tertiary/aromatic N) is 2. The third kappa shape index (κ3) is 4.24. The van der Waals surface area contributed by atoms with Crippen LogP contribution in [-0.2, 0) is 16.1 Å². The first kappa shape index (κ1) is 20.8. The molecule has 3 aromatic rings. The van der Waals surface area contributed by atoms with Crippen molar-refractivity contribution in [3.05, 3.63) is 84.7 Å². The zero-order chi connectivity index (χ0) is 19.5. The molecule has 29 heavy (non-hydrogen) atoms. The molecule has 1 atom stereocenters. The molecule has 2 heterocycles. The van der Waals surface area contributed by atoms with E-state index in [0.717, 1.165) is 5.69 Å². The van der Waals surface area contributed by atoms with E-state index in [-0.39, 0.29) is 42.3 Å². The number of ether oxygens (including phenoxy) is 1. The molecule has 1 aliphatic rings. The molecule has 1 unspecified atom stereocenters. The maximum Gasteiger partial charge on any atom is 0.294 e. The third-order valence-electron chi connectivity index (χ3n) is 4.73. The van der Waals surface area contributed by atoms with Crippen LogP contribution in [0.5, 0.6) is 5.75 Å². The van der Waals surface area contributed by atoms with Crippen LogP contribution in [0, 0.1) is 0 Å². The Morgan fingerprint density at radius 3 is 2.41 bits per heavy atom. The Hall–Kier alpha value is -2.94. The average Bonchev–Trinajstić information content (AvgIpc) is 2.73. The van der Waals surface area contributed by atoms with Crippen LogP contribution in [0.25, 0.3) is 0 Å². The molecule has 2 aromatic carbocycles. The standard InChI is InChI=1S/C22H19N3O3.HI/c1-28-18-12-10-17(11-13-18)25-20(26)15-24-14-6-5-9-19(24)21(25)22(27)23-16-7-3-2-4-8-16;/h2-14,21H,15H2,1H3;1H. The SMILES string of the molecule is COc1ccc(N2C(=O)C[n+]3ccccc3C2C(=O)Nc2ccccc2)cc1.[I-]. The maximum atomic E-state index is 13.2. The van der Waals surface area contributed by atoms with Gasteiger partial charge in [0.15, 0.2) is 6.20 Å². The number of amides is 2. The van der Waals surface area contributed by atoms with E-state index in [9.17, 15) is 9.59 Å². The minimum absolute atomic E-state index is 0. The molecule has 1 N–H and O–H groups in total. The molecule has 7 heteroatoms. The van der Waals surface area contributed by atoms with Crippen LogP contribution in [-0.4, -0.2) is 18.9 Å². The first-order valence-corrected chi connectivity index (χ1v) is 8.98. The van der Waals surface area contributed by atoms with Crippen LogP contribution in [0.1, 0.15) is 11.7 Å². The highest BCUT2D eigenvalue weighted by Gasteiger charge is 2.43. The Kier molecular flexibility index (Phi) is 6.48. The van der Waals surface area contributed by atoms with Crippen molar-refractivity contribution in [1.82, 2.24) is 0 Å². The summed E-state index contributed by atoms with van der Waals surface area (Å²) in [5.74, 6) is 0.269. The molecule has 0 saturated carbocycles. The number of carbonyl (C=O) groups is 2. The van der Waals surface area contributed by atoms with Crippen molar-refractivity contribution in [3.63, 3.8) is 0 Å². The summed E-state index contributed by atoms with van der Waals surface area (Å²) in [6, 6.07) is 21.2. The minimum atomic E-state index is -0.781. The van der Waals surface area contributed by atoms with E-state index in [2.05, 4.69) is 5.32 Å². The number of benzene rings is 2. The van der Waals surface area contributed by atoms with Crippen LogP contribution in [0.15, 0.2) is 79.0 Å². The van der Waals surface area contributed by atoms with Crippen molar-refractivity contribution in [1.29, 1.82) is 0 Å². The van der Waals surface area contributed by atoms with Gasteiger partial charge in [0.05, 0.1) is 7.11 Å². The second kappa shape index (κ2) is 9.04. The molecule has 6 nitrogen and oxygen atoms in total. The quantitative estimate of drug-likeness (QED) is 0.395. The van der Waals surface area contributed by atoms with Gasteiger partial charge in [-0.3, -0.25) is 14.5 Å². The van der Waals surface area contributed by atoms with Crippen molar-refractivity contribution in [2.75, 3.05) is 17.3 Å². The number of hydrogen-bond acceptors (Lipinski definition) is 3. The second-order valence-corrected chi connectivity index (χ2v) is 6.47. The molecule has 148 valence electrons. The summed E-state index contributed by atoms with van der Waals surface area (Å²) in [7, 11) is 1.59. The molecule has 1 aromatic heterocycles. The monoisotopic (exact) mass is 501 g/mol. The summed E-state index contributed by atoms with van der Waals surface area (Å²) < 4.78 is 7.02. The number of rotatable bonds is 4. The number of nitrogens with one attached hydrogen (secondary N) is 1. The number of pyridine rings is 1. The summed E-state index contributed by atoms with van der Waals surface area (Å²) in [5, 5.41) is 2.92. The Balaban J connectivity index is 0.00000240. The molecule has 0 fully saturated rings. The topological polar surface area (TPSA) is 62.5 Å². The molecule has 1 aliphatic heterocycles. The average molecular weight is 501 g/mol. The summed E-state index contributed by atoms with van der Waals surface area (Å²) >= 11 is 0. The van der Waals surface area contributed by atoms with Gasteiger partial charge in [-0.1, -0.05) is 24.3 Å². The smallest absolute Gasteiger partial charge is 0.294 e. The molecule has 0 radical (unpaired) electrons. The second-order valence-electron chi connectivity index (χ2n) is 6.47. The van der Waals surface area contributed by atoms with Gasteiger partial charge < -0.3 is 34.0 Å². The first-order valence-electron chi connectivity index (χ1n) is 8.98. The van der Waals surface area contributed by atoms with Gasteiger partial charge in [-0.15, -0.1) is 0 Å². The van der Waals surface area contributed by atoms with Crippen molar-refractivity contribution >= 4 is 23.2 Å². The predicted molar refractivity (Wildman–Crippen MR) is 105 cm³/mol. The number of anilines is 2. The largest absolute Gasteiger partial charge is 1.00 e. The van der Waals surface area contributed by atoms with E-state index in [1.807, 2.05) is 59.3 Å². The highest BCUT2D eigenvalue weighted by Crippen LogP contribution is 2.31. The van der Waals surface area contributed by atoms with Gasteiger partial charge >= 0.3 is 0 Å². The van der Waals surface area contributed by atoms with Crippen molar-refractivity contribution in [2.24, 2.45) is 0 Å². The summed E-state index contributed by atoms with van der Waals surface area (Å²) in [6.45, 7) is 0.178. The number of fused-ring (bicyclic) bond motifs is 1. The van der Waals surface area contributed by atoms with Crippen molar-refractivity contribution < 1.29 is 42.9 Å². The number of para-hydroxylation sites is 1. The zero-order valence-electron chi connectivity index (χ0n) is 15.8. The highest BCUT2D eigenvalue weighted by molar-refractivity contribution is 6.05. The van der Waals surface area contributed by atoms with Crippen molar-refractivity contribution in [3.8, 4) is 5.75 Å². The normalized spacial score (nSPS) is 15.1. The molecular weight excluding hydrogens is 481 g/mol. The molecule has 0 saturated heterocycles. The van der Waals surface area contributed by atoms with E-state index in [1.165, 1.54) is 0 Å². The van der Waals surface area contributed by atoms with Gasteiger partial charge in [0, 0.05) is 23.5 Å². The zero-order valence-corrected chi connectivity index (χ0v) is 17.9. The molecule has 2 amide bonds. The molecule has 4 rings (SSSR count). The Morgan fingerprint density at radius 2 is 1.72 bits per heavy atom. The Labute approximate surface area is 186 Å². The Morgan fingerprint density at radius 1 is 1.03 bits per heavy atom. The Bertz CT molecular complexity index is 1010. The van der Waals surface area contributed by atoms with Crippen LogP contribution >= 0.6 is 0 Å². The van der Waals surface area contributed by atoms with Gasteiger partial charge in [0.25, 0.3) is 11.8 Å². The van der Waals surface area contributed by atoms with E-state index in [0.29, 0.717) is 17.1 Å². The molecular formula is C22H20IN3O3. The minimum Gasteiger partial charge on any atom is -1.00 e. The van der Waals surface area contributed by atoms with Gasteiger partial charge in [-0.05, 0) is 36.4 Å². The number of hydrogen-bond donors (Lipinski definition) is 1. The van der Waals surface area contributed by atoms with Crippen LogP contribution in [0.4, 0.5) is 11.4 Å². The fourth-order valence-electron chi connectivity index (χ4n) is 3.40. The fourth-order valence-corrected chi connectivity index (χ4v) is 3.40. The summed E-state index contributed by atoms with van der Waals surface area (Å²) in [4.78, 5) is 27.8. The molecule has 0 spiro atoms. The third-order valence-corrected chi connectivity index (χ3v) is 4.73. The number of aromatic nitrogens is 1. The lowest BCUT2D eigenvalue weighted by molar-refractivity contribution is -0.695. The fraction of sp³-hybridized carbons (Fsp3) is 0.136. The summed E-state index contributed by atoms with van der Waals surface area (Å²) in [6.07, 6.45) is 1.82. The first-order chi connectivity index (χ1) is 13.7. The van der Waals surface area contributed by atoms with Gasteiger partial charge in [-0.2, -0.15) is 4.57 Å². The van der Waals surface area contributed by atoms with Gasteiger partial charge in [0.2, 0.25) is 18.3 Å². The summed E-state index contributed by atoms with van der Waals surface area (Å²) in [5.41, 5.74) is 2.09. The van der Waals surface area contributed by atoms with E-state index in [4.69, 9.17) is 4.74 Å². The van der Waals surface area contributed by atoms with E-state index >= 15 is 0 Å². The van der Waals surface area contributed by atoms with Crippen molar-refractivity contribution in [2.45, 2.75) is 12.6 Å². The van der Waals surface area contributed by atoms with Crippen LogP contribution in [0.3, 0.4) is 0 Å². The molecule has 0 bridgehead atoms. The number of methoxy groups -OCH3 is 1.